The number of para-hydroxylation sites is 1. The highest BCUT2D eigenvalue weighted by Gasteiger charge is 2.19. The molecule has 1 rings (SSSR count). The van der Waals surface area contributed by atoms with Crippen LogP contribution < -0.4 is 10.8 Å². The van der Waals surface area contributed by atoms with Gasteiger partial charge in [-0.05, 0) is 18.2 Å². The lowest BCUT2D eigenvalue weighted by molar-refractivity contribution is 0.342. The smallest absolute Gasteiger partial charge is 0.423 e. The number of aryl methyl sites for hydroxylation is 1. The maximum Gasteiger partial charge on any atom is 0.493 e. The van der Waals surface area contributed by atoms with Crippen LogP contribution >= 0.6 is 0 Å². The van der Waals surface area contributed by atoms with Crippen molar-refractivity contribution in [3.63, 3.8) is 0 Å². The van der Waals surface area contributed by atoms with Gasteiger partial charge in [-0.15, -0.1) is 0 Å². The van der Waals surface area contributed by atoms with E-state index in [1.165, 1.54) is 7.11 Å². The molecule has 80 valence electrons. The third-order valence-corrected chi connectivity index (χ3v) is 2.30. The van der Waals surface area contributed by atoms with Crippen molar-refractivity contribution >= 4 is 18.3 Å². The van der Waals surface area contributed by atoms with Crippen molar-refractivity contribution in [2.75, 3.05) is 12.4 Å². The summed E-state index contributed by atoms with van der Waals surface area (Å²) in [6.45, 7) is 5.69. The van der Waals surface area contributed by atoms with Gasteiger partial charge in [0, 0.05) is 18.3 Å². The van der Waals surface area contributed by atoms with E-state index in [4.69, 9.17) is 4.65 Å². The molecule has 0 aromatic heterocycles. The van der Waals surface area contributed by atoms with Gasteiger partial charge >= 0.3 is 7.12 Å². The number of rotatable bonds is 5. The van der Waals surface area contributed by atoms with Gasteiger partial charge in [0.15, 0.2) is 0 Å². The van der Waals surface area contributed by atoms with Crippen LogP contribution in [-0.2, 0) is 11.1 Å². The van der Waals surface area contributed by atoms with E-state index < -0.39 is 7.12 Å². The molecule has 0 saturated heterocycles. The fourth-order valence-electron chi connectivity index (χ4n) is 1.53. The Bertz CT molecular complexity index is 341. The zero-order valence-electron chi connectivity index (χ0n) is 9.16. The molecule has 0 saturated carbocycles. The van der Waals surface area contributed by atoms with Crippen LogP contribution in [0.4, 0.5) is 5.69 Å². The van der Waals surface area contributed by atoms with E-state index in [9.17, 15) is 5.02 Å². The van der Waals surface area contributed by atoms with Gasteiger partial charge in [0.25, 0.3) is 0 Å². The second kappa shape index (κ2) is 5.58. The van der Waals surface area contributed by atoms with Crippen LogP contribution in [0.3, 0.4) is 0 Å². The van der Waals surface area contributed by atoms with E-state index in [0.717, 1.165) is 23.1 Å². The Kier molecular flexibility index (Phi) is 4.40. The highest BCUT2D eigenvalue weighted by molar-refractivity contribution is 6.62. The molecule has 4 heteroatoms. The molecule has 0 aliphatic heterocycles. The van der Waals surface area contributed by atoms with Crippen molar-refractivity contribution in [2.24, 2.45) is 0 Å². The van der Waals surface area contributed by atoms with Crippen molar-refractivity contribution in [3.05, 3.63) is 36.5 Å². The molecule has 1 aromatic rings. The molecule has 0 radical (unpaired) electrons. The van der Waals surface area contributed by atoms with E-state index in [1.54, 1.807) is 6.20 Å². The maximum atomic E-state index is 9.66. The quantitative estimate of drug-likeness (QED) is 0.708. The first-order valence-corrected chi connectivity index (χ1v) is 4.94. The summed E-state index contributed by atoms with van der Waals surface area (Å²) in [6, 6.07) is 5.75. The minimum atomic E-state index is -0.904. The lowest BCUT2D eigenvalue weighted by Gasteiger charge is -2.14. The van der Waals surface area contributed by atoms with E-state index in [0.29, 0.717) is 0 Å². The zero-order valence-corrected chi connectivity index (χ0v) is 9.16. The molecule has 15 heavy (non-hydrogen) atoms. The molecular weight excluding hydrogens is 189 g/mol. The molecule has 0 amide bonds. The van der Waals surface area contributed by atoms with Crippen molar-refractivity contribution in [1.82, 2.24) is 0 Å². The third-order valence-electron chi connectivity index (χ3n) is 2.30. The Morgan fingerprint density at radius 2 is 2.33 bits per heavy atom. The van der Waals surface area contributed by atoms with Crippen LogP contribution in [0.2, 0.25) is 0 Å². The molecule has 1 aromatic carbocycles. The normalized spacial score (nSPS) is 9.80. The molecule has 0 unspecified atom stereocenters. The van der Waals surface area contributed by atoms with Crippen molar-refractivity contribution < 1.29 is 9.68 Å². The number of nitrogens with one attached hydrogen (secondary N) is 1. The largest absolute Gasteiger partial charge is 0.493 e. The summed E-state index contributed by atoms with van der Waals surface area (Å²) >= 11 is 0. The topological polar surface area (TPSA) is 41.5 Å². The summed E-state index contributed by atoms with van der Waals surface area (Å²) in [7, 11) is 0.569. The summed E-state index contributed by atoms with van der Waals surface area (Å²) in [4.78, 5) is 0. The number of hydrogen-bond donors (Lipinski definition) is 2. The summed E-state index contributed by atoms with van der Waals surface area (Å²) in [6.07, 6.45) is 2.49. The SMILES string of the molecule is C=CNc1c(CC)cccc1B(O)OC. The van der Waals surface area contributed by atoms with Crippen LogP contribution in [0, 0.1) is 0 Å². The number of benzene rings is 1. The van der Waals surface area contributed by atoms with Crippen molar-refractivity contribution in [1.29, 1.82) is 0 Å². The predicted molar refractivity (Wildman–Crippen MR) is 64.3 cm³/mol. The first-order valence-electron chi connectivity index (χ1n) is 4.94. The Hall–Kier alpha value is -1.26. The molecule has 0 aliphatic carbocycles. The number of hydrogen-bond acceptors (Lipinski definition) is 3. The molecule has 0 fully saturated rings. The molecule has 0 aliphatic rings. The molecular formula is C11H16BNO2. The Balaban J connectivity index is 3.17. The molecule has 0 bridgehead atoms. The third kappa shape index (κ3) is 2.61. The van der Waals surface area contributed by atoms with Gasteiger partial charge in [-0.2, -0.15) is 0 Å². The van der Waals surface area contributed by atoms with Gasteiger partial charge in [-0.25, -0.2) is 0 Å². The monoisotopic (exact) mass is 205 g/mol. The highest BCUT2D eigenvalue weighted by atomic mass is 16.5. The Labute approximate surface area is 90.9 Å². The van der Waals surface area contributed by atoms with Crippen LogP contribution in [0.1, 0.15) is 12.5 Å². The second-order valence-corrected chi connectivity index (χ2v) is 3.17. The van der Waals surface area contributed by atoms with Gasteiger partial charge in [0.05, 0.1) is 0 Å². The second-order valence-electron chi connectivity index (χ2n) is 3.17. The fourth-order valence-corrected chi connectivity index (χ4v) is 1.53. The van der Waals surface area contributed by atoms with Crippen LogP contribution in [0.25, 0.3) is 0 Å². The van der Waals surface area contributed by atoms with Crippen molar-refractivity contribution in [3.8, 4) is 0 Å². The van der Waals surface area contributed by atoms with E-state index >= 15 is 0 Å². The molecule has 3 nitrogen and oxygen atoms in total. The predicted octanol–water partition coefficient (Wildman–Crippen LogP) is 1.14. The van der Waals surface area contributed by atoms with Gasteiger partial charge in [-0.1, -0.05) is 31.7 Å². The molecule has 0 atom stereocenters. The van der Waals surface area contributed by atoms with Gasteiger partial charge < -0.3 is 15.0 Å². The minimum absolute atomic E-state index is 0.733. The highest BCUT2D eigenvalue weighted by Crippen LogP contribution is 2.14. The maximum absolute atomic E-state index is 9.66. The van der Waals surface area contributed by atoms with Crippen molar-refractivity contribution in [2.45, 2.75) is 13.3 Å². The van der Waals surface area contributed by atoms with E-state index in [2.05, 4.69) is 18.8 Å². The first-order chi connectivity index (χ1) is 7.24. The molecule has 2 N–H and O–H groups in total. The fraction of sp³-hybridized carbons (Fsp3) is 0.273. The Morgan fingerprint density at radius 3 is 2.87 bits per heavy atom. The zero-order chi connectivity index (χ0) is 11.3. The van der Waals surface area contributed by atoms with Crippen LogP contribution in [-0.4, -0.2) is 19.3 Å². The summed E-state index contributed by atoms with van der Waals surface area (Å²) in [5, 5.41) is 12.7. The van der Waals surface area contributed by atoms with E-state index in [-0.39, 0.29) is 0 Å². The lowest BCUT2D eigenvalue weighted by Crippen LogP contribution is -2.34. The minimum Gasteiger partial charge on any atom is -0.423 e. The molecule has 0 heterocycles. The van der Waals surface area contributed by atoms with Crippen LogP contribution in [0.15, 0.2) is 31.0 Å². The van der Waals surface area contributed by atoms with Gasteiger partial charge in [0.2, 0.25) is 0 Å². The average Bonchev–Trinajstić information content (AvgIpc) is 2.28. The first kappa shape index (κ1) is 11.8. The van der Waals surface area contributed by atoms with Crippen LogP contribution in [0.5, 0.6) is 0 Å². The average molecular weight is 205 g/mol. The summed E-state index contributed by atoms with van der Waals surface area (Å²) < 4.78 is 4.90. The standard InChI is InChI=1S/C11H16BNO2/c1-4-9-7-6-8-10(12(14)15-3)11(9)13-5-2/h5-8,13-14H,2,4H2,1,3H3. The molecule has 0 spiro atoms. The van der Waals surface area contributed by atoms with Gasteiger partial charge in [-0.3, -0.25) is 0 Å². The summed E-state index contributed by atoms with van der Waals surface area (Å²) in [5.74, 6) is 0. The van der Waals surface area contributed by atoms with Gasteiger partial charge in [0.1, 0.15) is 0 Å². The summed E-state index contributed by atoms with van der Waals surface area (Å²) in [5.41, 5.74) is 2.74. The Morgan fingerprint density at radius 1 is 1.60 bits per heavy atom. The number of anilines is 1. The lowest BCUT2D eigenvalue weighted by atomic mass is 9.77. The van der Waals surface area contributed by atoms with E-state index in [1.807, 2.05) is 18.2 Å².